The van der Waals surface area contributed by atoms with Gasteiger partial charge in [0.15, 0.2) is 0 Å². The highest BCUT2D eigenvalue weighted by Gasteiger charge is 2.23. The molecule has 0 fully saturated rings. The molecule has 8 aromatic carbocycles. The van der Waals surface area contributed by atoms with E-state index in [-0.39, 0.29) is 67.3 Å². The Hall–Kier alpha value is -9.21. The summed E-state index contributed by atoms with van der Waals surface area (Å²) in [6, 6.07) is 23.6. The Balaban J connectivity index is 0.950. The van der Waals surface area contributed by atoms with Gasteiger partial charge in [0.05, 0.1) is 83.7 Å². The van der Waals surface area contributed by atoms with Crippen molar-refractivity contribution in [1.82, 2.24) is 0 Å². The van der Waals surface area contributed by atoms with E-state index < -0.39 is 66.1 Å². The average Bonchev–Trinajstić information content (AvgIpc) is 3.27. The number of amides is 2. The molecule has 84 heavy (non-hydrogen) atoms. The van der Waals surface area contributed by atoms with E-state index in [1.165, 1.54) is 64.8 Å². The SMILES string of the molecule is COc1cc(N=Nc2ccc3cc(S(=O)(=O)O)cc(S(=O)(=O)O)c3c2)c(C)cc1N=Nc1cc(OC)c(NC(=O)Nc2cc(C)c(N=Nc3cc(C)c(N=Nc4ccc5cc(S(=O)(=O)O)cc(S(=O)(=O)O)c5c4)cc3OC)cc2OC)cc1C. The minimum atomic E-state index is -4.94. The number of rotatable bonds is 18. The summed E-state index contributed by atoms with van der Waals surface area (Å²) >= 11 is 0. The number of urea groups is 1. The number of carbonyl (C=O) groups excluding carboxylic acids is 1. The maximum absolute atomic E-state index is 13.5. The van der Waals surface area contributed by atoms with Crippen molar-refractivity contribution in [1.29, 1.82) is 0 Å². The highest BCUT2D eigenvalue weighted by molar-refractivity contribution is 7.87. The Morgan fingerprint density at radius 1 is 0.369 bits per heavy atom. The molecule has 0 spiro atoms. The van der Waals surface area contributed by atoms with Crippen LogP contribution in [0.4, 0.5) is 61.7 Å². The van der Waals surface area contributed by atoms with Crippen molar-refractivity contribution >= 4 is 125 Å². The van der Waals surface area contributed by atoms with Crippen LogP contribution in [0, 0.1) is 27.7 Å². The van der Waals surface area contributed by atoms with E-state index in [9.17, 15) is 56.7 Å². The summed E-state index contributed by atoms with van der Waals surface area (Å²) in [7, 11) is -13.8. The molecule has 0 bridgehead atoms. The first-order chi connectivity index (χ1) is 39.5. The largest absolute Gasteiger partial charge is 0.494 e. The summed E-state index contributed by atoms with van der Waals surface area (Å²) in [5.41, 5.74) is 5.25. The highest BCUT2D eigenvalue weighted by Crippen LogP contribution is 2.42. The molecule has 436 valence electrons. The number of carbonyl (C=O) groups is 1. The molecule has 31 heteroatoms. The van der Waals surface area contributed by atoms with Crippen LogP contribution in [0.3, 0.4) is 0 Å². The van der Waals surface area contributed by atoms with Gasteiger partial charge < -0.3 is 29.6 Å². The summed E-state index contributed by atoms with van der Waals surface area (Å²) in [6.45, 7) is 6.94. The van der Waals surface area contributed by atoms with E-state index in [2.05, 4.69) is 51.5 Å². The quantitative estimate of drug-likeness (QED) is 0.0343. The van der Waals surface area contributed by atoms with Crippen molar-refractivity contribution in [3.63, 3.8) is 0 Å². The summed E-state index contributed by atoms with van der Waals surface area (Å²) in [5.74, 6) is 0.987. The van der Waals surface area contributed by atoms with E-state index in [0.717, 1.165) is 12.1 Å². The second-order valence-electron chi connectivity index (χ2n) is 18.2. The predicted octanol–water partition coefficient (Wildman–Crippen LogP) is 13.6. The number of fused-ring (bicyclic) bond motifs is 2. The van der Waals surface area contributed by atoms with E-state index >= 15 is 0 Å². The fourth-order valence-electron chi connectivity index (χ4n) is 8.26. The molecule has 0 aliphatic rings. The maximum atomic E-state index is 13.5. The lowest BCUT2D eigenvalue weighted by molar-refractivity contribution is 0.262. The van der Waals surface area contributed by atoms with Crippen molar-refractivity contribution in [2.75, 3.05) is 39.1 Å². The zero-order valence-electron chi connectivity index (χ0n) is 45.2. The molecule has 0 heterocycles. The lowest BCUT2D eigenvalue weighted by atomic mass is 10.1. The van der Waals surface area contributed by atoms with Crippen molar-refractivity contribution in [2.45, 2.75) is 47.3 Å². The first-order valence-corrected chi connectivity index (χ1v) is 29.8. The van der Waals surface area contributed by atoms with Gasteiger partial charge >= 0.3 is 6.03 Å². The van der Waals surface area contributed by atoms with Gasteiger partial charge in [-0.25, -0.2) is 4.79 Å². The van der Waals surface area contributed by atoms with Crippen molar-refractivity contribution in [2.24, 2.45) is 40.9 Å². The zero-order valence-corrected chi connectivity index (χ0v) is 48.5. The van der Waals surface area contributed by atoms with Crippen molar-refractivity contribution < 1.29 is 75.6 Å². The second-order valence-corrected chi connectivity index (χ2v) is 23.9. The maximum Gasteiger partial charge on any atom is 0.323 e. The van der Waals surface area contributed by atoms with Gasteiger partial charge in [-0.05, 0) is 134 Å². The van der Waals surface area contributed by atoms with Crippen LogP contribution in [0.2, 0.25) is 0 Å². The lowest BCUT2D eigenvalue weighted by Gasteiger charge is -2.15. The van der Waals surface area contributed by atoms with Crippen LogP contribution >= 0.6 is 0 Å². The van der Waals surface area contributed by atoms with Gasteiger partial charge in [0.25, 0.3) is 40.5 Å². The van der Waals surface area contributed by atoms with Crippen LogP contribution < -0.4 is 29.6 Å². The van der Waals surface area contributed by atoms with Gasteiger partial charge in [0.2, 0.25) is 0 Å². The average molecular weight is 1230 g/mol. The summed E-state index contributed by atoms with van der Waals surface area (Å²) < 4.78 is 157. The smallest absolute Gasteiger partial charge is 0.323 e. The minimum absolute atomic E-state index is 0.0724. The number of methoxy groups -OCH3 is 4. The van der Waals surface area contributed by atoms with Gasteiger partial charge in [-0.2, -0.15) is 64.4 Å². The Morgan fingerprint density at radius 2 is 0.679 bits per heavy atom. The monoisotopic (exact) mass is 1220 g/mol. The van der Waals surface area contributed by atoms with Crippen LogP contribution in [0.25, 0.3) is 21.5 Å². The van der Waals surface area contributed by atoms with Crippen LogP contribution in [-0.2, 0) is 40.5 Å². The molecule has 8 rings (SSSR count). The molecule has 0 unspecified atom stereocenters. The summed E-state index contributed by atoms with van der Waals surface area (Å²) in [4.78, 5) is 10.6. The fraction of sp³-hybridized carbons (Fsp3) is 0.151. The molecular formula is C53H48N10O17S4. The van der Waals surface area contributed by atoms with E-state index in [0.29, 0.717) is 68.5 Å². The third-order valence-corrected chi connectivity index (χ3v) is 16.0. The Labute approximate surface area is 479 Å². The fourth-order valence-corrected chi connectivity index (χ4v) is 11.0. The zero-order chi connectivity index (χ0) is 61.2. The molecule has 8 aromatic rings. The number of benzene rings is 8. The number of hydrogen-bond donors (Lipinski definition) is 6. The van der Waals surface area contributed by atoms with Crippen LogP contribution in [0.5, 0.6) is 23.0 Å². The molecular weight excluding hydrogens is 1180 g/mol. The Kier molecular flexibility index (Phi) is 17.4. The van der Waals surface area contributed by atoms with E-state index in [1.807, 2.05) is 0 Å². The molecule has 0 aromatic heterocycles. The summed E-state index contributed by atoms with van der Waals surface area (Å²) in [6.07, 6.45) is 0. The molecule has 0 aliphatic heterocycles. The predicted molar refractivity (Wildman–Crippen MR) is 307 cm³/mol. The standard InChI is InChI=1S/C53H48N10O17S4/c1-27-13-43(47(77-5)23-41(27)60-62-45-15-29(3)39(25-49(45)79-7)58-56-33-11-9-31-17-35(81(65,66)67)21-51(37(31)19-33)83(71,72)73)54-53(64)55-44-14-28(2)42(24-48(44)78-6)61-63-46-16-30(4)40(26-50(46)80-8)59-57-34-12-10-32-18-36(82(68,69)70)22-52(38(32)20-34)84(74,75)76/h9-26H,1-8H3,(H2,54,55,64)(H,65,66,67)(H,68,69,70)(H,71,72,73)(H,74,75,76). The molecule has 6 N–H and O–H groups in total. The number of anilines is 2. The number of azo groups is 4. The van der Waals surface area contributed by atoms with E-state index in [4.69, 9.17) is 18.9 Å². The molecule has 0 atom stereocenters. The number of aryl methyl sites for hydroxylation is 4. The normalized spacial score (nSPS) is 12.5. The Bertz CT molecular complexity index is 4350. The summed E-state index contributed by atoms with van der Waals surface area (Å²) in [5, 5.41) is 40.3. The van der Waals surface area contributed by atoms with Crippen molar-refractivity contribution in [3.8, 4) is 23.0 Å². The number of ether oxygens (including phenoxy) is 4. The van der Waals surface area contributed by atoms with Crippen LogP contribution in [0.15, 0.2) is 170 Å². The first-order valence-electron chi connectivity index (χ1n) is 24.0. The molecule has 2 amide bonds. The second kappa shape index (κ2) is 23.9. The van der Waals surface area contributed by atoms with E-state index in [1.54, 1.807) is 76.2 Å². The van der Waals surface area contributed by atoms with Gasteiger partial charge in [-0.3, -0.25) is 18.2 Å². The lowest BCUT2D eigenvalue weighted by Crippen LogP contribution is -2.20. The Morgan fingerprint density at radius 3 is 1.00 bits per heavy atom. The first kappa shape index (κ1) is 60.9. The third-order valence-electron chi connectivity index (χ3n) is 12.5. The third kappa shape index (κ3) is 13.8. The van der Waals surface area contributed by atoms with Gasteiger partial charge in [0, 0.05) is 35.0 Å². The van der Waals surface area contributed by atoms with Gasteiger partial charge in [-0.15, -0.1) is 10.2 Å². The van der Waals surface area contributed by atoms with Crippen LogP contribution in [-0.4, -0.2) is 86.4 Å². The molecule has 0 radical (unpaired) electrons. The number of nitrogens with one attached hydrogen (secondary N) is 2. The minimum Gasteiger partial charge on any atom is -0.494 e. The molecule has 27 nitrogen and oxygen atoms in total. The van der Waals surface area contributed by atoms with Gasteiger partial charge in [-0.1, -0.05) is 12.1 Å². The molecule has 0 aliphatic carbocycles. The number of hydrogen-bond acceptors (Lipinski definition) is 21. The van der Waals surface area contributed by atoms with Gasteiger partial charge in [0.1, 0.15) is 44.2 Å². The molecule has 0 saturated heterocycles. The topological polar surface area (TPSA) is 394 Å². The molecule has 0 saturated carbocycles. The number of nitrogens with zero attached hydrogens (tertiary/aromatic N) is 8. The van der Waals surface area contributed by atoms with Crippen LogP contribution in [0.1, 0.15) is 22.3 Å². The van der Waals surface area contributed by atoms with Crippen molar-refractivity contribution in [3.05, 3.63) is 131 Å². The highest BCUT2D eigenvalue weighted by atomic mass is 32.2.